The predicted molar refractivity (Wildman–Crippen MR) is 91.7 cm³/mol. The molecule has 0 aliphatic carbocycles. The molecule has 24 heavy (non-hydrogen) atoms. The van der Waals surface area contributed by atoms with E-state index in [1.807, 2.05) is 18.2 Å². The van der Waals surface area contributed by atoms with Crippen molar-refractivity contribution in [1.29, 1.82) is 0 Å². The van der Waals surface area contributed by atoms with Gasteiger partial charge in [-0.1, -0.05) is 0 Å². The van der Waals surface area contributed by atoms with Crippen molar-refractivity contribution in [2.45, 2.75) is 6.54 Å². The fourth-order valence-corrected chi connectivity index (χ4v) is 3.12. The van der Waals surface area contributed by atoms with Crippen molar-refractivity contribution in [2.75, 3.05) is 25.0 Å². The van der Waals surface area contributed by atoms with Crippen molar-refractivity contribution in [3.05, 3.63) is 66.3 Å². The summed E-state index contributed by atoms with van der Waals surface area (Å²) in [4.78, 5) is 8.74. The van der Waals surface area contributed by atoms with Crippen LogP contribution in [0.15, 0.2) is 59.3 Å². The van der Waals surface area contributed by atoms with Gasteiger partial charge in [-0.05, 0) is 55.1 Å². The fraction of sp³-hybridized carbons (Fsp3) is 0.211. The Morgan fingerprint density at radius 3 is 2.67 bits per heavy atom. The molecule has 4 rings (SSSR count). The molecule has 0 radical (unpaired) electrons. The molecule has 0 atom stereocenters. The minimum Gasteiger partial charge on any atom is -0.445 e. The normalized spacial score (nSPS) is 15.2. The standard InChI is InChI=1S/C19H18FN3O/c1-22-9-10-23(17-5-3-16(20)4-6-17)18-7-2-14(12-15(18)13-22)19-21-8-11-24-19/h2-8,11-12H,9-10,13H2,1H3. The van der Waals surface area contributed by atoms with E-state index in [0.717, 1.165) is 36.6 Å². The van der Waals surface area contributed by atoms with Crippen LogP contribution >= 0.6 is 0 Å². The molecule has 1 aliphatic heterocycles. The summed E-state index contributed by atoms with van der Waals surface area (Å²) in [5.74, 6) is 0.406. The highest BCUT2D eigenvalue weighted by Gasteiger charge is 2.20. The van der Waals surface area contributed by atoms with Crippen LogP contribution in [-0.2, 0) is 6.54 Å². The van der Waals surface area contributed by atoms with E-state index in [9.17, 15) is 4.39 Å². The van der Waals surface area contributed by atoms with Crippen molar-refractivity contribution >= 4 is 11.4 Å². The van der Waals surface area contributed by atoms with Crippen LogP contribution < -0.4 is 4.90 Å². The Labute approximate surface area is 140 Å². The van der Waals surface area contributed by atoms with Crippen molar-refractivity contribution in [1.82, 2.24) is 9.88 Å². The number of benzene rings is 2. The first-order valence-corrected chi connectivity index (χ1v) is 7.95. The monoisotopic (exact) mass is 323 g/mol. The van der Waals surface area contributed by atoms with E-state index in [1.165, 1.54) is 17.7 Å². The minimum atomic E-state index is -0.217. The zero-order valence-electron chi connectivity index (χ0n) is 13.4. The number of halogens is 1. The Hall–Kier alpha value is -2.66. The van der Waals surface area contributed by atoms with Gasteiger partial charge in [0, 0.05) is 36.6 Å². The van der Waals surface area contributed by atoms with E-state index in [4.69, 9.17) is 4.42 Å². The number of hydrogen-bond acceptors (Lipinski definition) is 4. The lowest BCUT2D eigenvalue weighted by Gasteiger charge is -2.25. The summed E-state index contributed by atoms with van der Waals surface area (Å²) in [5, 5.41) is 0. The molecule has 0 saturated heterocycles. The quantitative estimate of drug-likeness (QED) is 0.712. The van der Waals surface area contributed by atoms with Crippen molar-refractivity contribution in [3.63, 3.8) is 0 Å². The van der Waals surface area contributed by atoms with Crippen LogP contribution in [0.25, 0.3) is 11.5 Å². The molecule has 0 amide bonds. The zero-order valence-corrected chi connectivity index (χ0v) is 13.4. The molecule has 0 spiro atoms. The fourth-order valence-electron chi connectivity index (χ4n) is 3.12. The van der Waals surface area contributed by atoms with E-state index in [-0.39, 0.29) is 5.82 Å². The van der Waals surface area contributed by atoms with Gasteiger partial charge in [0.1, 0.15) is 12.1 Å². The second kappa shape index (κ2) is 6.09. The number of anilines is 2. The van der Waals surface area contributed by atoms with Gasteiger partial charge < -0.3 is 14.2 Å². The molecule has 2 aromatic carbocycles. The number of aromatic nitrogens is 1. The van der Waals surface area contributed by atoms with Gasteiger partial charge in [0.25, 0.3) is 0 Å². The van der Waals surface area contributed by atoms with Crippen molar-refractivity contribution in [2.24, 2.45) is 0 Å². The van der Waals surface area contributed by atoms with Crippen LogP contribution in [0.3, 0.4) is 0 Å². The molecule has 1 aliphatic rings. The molecule has 0 N–H and O–H groups in total. The number of oxazole rings is 1. The van der Waals surface area contributed by atoms with Crippen LogP contribution in [0.2, 0.25) is 0 Å². The topological polar surface area (TPSA) is 32.5 Å². The van der Waals surface area contributed by atoms with Crippen LogP contribution in [0, 0.1) is 5.82 Å². The van der Waals surface area contributed by atoms with Gasteiger partial charge in [0.2, 0.25) is 5.89 Å². The van der Waals surface area contributed by atoms with E-state index in [0.29, 0.717) is 5.89 Å². The number of fused-ring (bicyclic) bond motifs is 1. The molecule has 4 nitrogen and oxygen atoms in total. The van der Waals surface area contributed by atoms with Gasteiger partial charge in [-0.25, -0.2) is 9.37 Å². The lowest BCUT2D eigenvalue weighted by atomic mass is 10.1. The summed E-state index contributed by atoms with van der Waals surface area (Å²) in [6.07, 6.45) is 3.23. The largest absolute Gasteiger partial charge is 0.445 e. The Kier molecular flexibility index (Phi) is 3.78. The highest BCUT2D eigenvalue weighted by molar-refractivity contribution is 5.71. The first-order valence-electron chi connectivity index (χ1n) is 7.95. The maximum atomic E-state index is 13.3. The molecule has 0 unspecified atom stereocenters. The van der Waals surface area contributed by atoms with Gasteiger partial charge in [-0.15, -0.1) is 0 Å². The van der Waals surface area contributed by atoms with Crippen LogP contribution in [0.5, 0.6) is 0 Å². The maximum Gasteiger partial charge on any atom is 0.225 e. The summed E-state index contributed by atoms with van der Waals surface area (Å²) in [6.45, 7) is 2.63. The number of rotatable bonds is 2. The maximum absolute atomic E-state index is 13.3. The molecule has 0 saturated carbocycles. The summed E-state index contributed by atoms with van der Waals surface area (Å²) in [5.41, 5.74) is 4.31. The zero-order chi connectivity index (χ0) is 16.5. The van der Waals surface area contributed by atoms with E-state index < -0.39 is 0 Å². The van der Waals surface area contributed by atoms with Gasteiger partial charge in [0.15, 0.2) is 0 Å². The smallest absolute Gasteiger partial charge is 0.225 e. The average molecular weight is 323 g/mol. The van der Waals surface area contributed by atoms with E-state index in [1.54, 1.807) is 12.5 Å². The third-order valence-electron chi connectivity index (χ3n) is 4.33. The van der Waals surface area contributed by atoms with E-state index >= 15 is 0 Å². The van der Waals surface area contributed by atoms with Crippen LogP contribution in [0.4, 0.5) is 15.8 Å². The molecule has 122 valence electrons. The third-order valence-corrected chi connectivity index (χ3v) is 4.33. The lowest BCUT2D eigenvalue weighted by Crippen LogP contribution is -2.26. The van der Waals surface area contributed by atoms with E-state index in [2.05, 4.69) is 34.0 Å². The first-order chi connectivity index (χ1) is 11.7. The van der Waals surface area contributed by atoms with Crippen molar-refractivity contribution in [3.8, 4) is 11.5 Å². The SMILES string of the molecule is CN1CCN(c2ccc(F)cc2)c2ccc(-c3ncco3)cc2C1. The first kappa shape index (κ1) is 14.9. The molecule has 3 aromatic rings. The van der Waals surface area contributed by atoms with Gasteiger partial charge >= 0.3 is 0 Å². The molecule has 5 heteroatoms. The highest BCUT2D eigenvalue weighted by Crippen LogP contribution is 2.34. The second-order valence-corrected chi connectivity index (χ2v) is 6.05. The average Bonchev–Trinajstić information content (AvgIpc) is 3.06. The summed E-state index contributed by atoms with van der Waals surface area (Å²) < 4.78 is 18.7. The van der Waals surface area contributed by atoms with Crippen LogP contribution in [0.1, 0.15) is 5.56 Å². The third kappa shape index (κ3) is 2.78. The van der Waals surface area contributed by atoms with Crippen molar-refractivity contribution < 1.29 is 8.81 Å². The number of hydrogen-bond donors (Lipinski definition) is 0. The minimum absolute atomic E-state index is 0.217. The summed E-state index contributed by atoms with van der Waals surface area (Å²) in [7, 11) is 2.11. The Balaban J connectivity index is 1.78. The predicted octanol–water partition coefficient (Wildman–Crippen LogP) is 4.06. The molecular weight excluding hydrogens is 305 g/mol. The van der Waals surface area contributed by atoms with Gasteiger partial charge in [-0.3, -0.25) is 0 Å². The second-order valence-electron chi connectivity index (χ2n) is 6.05. The number of likely N-dealkylation sites (N-methyl/N-ethyl adjacent to an activating group) is 1. The number of nitrogens with zero attached hydrogens (tertiary/aromatic N) is 3. The van der Waals surface area contributed by atoms with Gasteiger partial charge in [0.05, 0.1) is 6.20 Å². The Morgan fingerprint density at radius 1 is 1.08 bits per heavy atom. The molecule has 1 aromatic heterocycles. The Bertz CT molecular complexity index is 830. The van der Waals surface area contributed by atoms with Crippen LogP contribution in [-0.4, -0.2) is 30.0 Å². The highest BCUT2D eigenvalue weighted by atomic mass is 19.1. The molecule has 0 bridgehead atoms. The summed E-state index contributed by atoms with van der Waals surface area (Å²) >= 11 is 0. The Morgan fingerprint density at radius 2 is 1.92 bits per heavy atom. The lowest BCUT2D eigenvalue weighted by molar-refractivity contribution is 0.343. The molecule has 0 fully saturated rings. The molecule has 2 heterocycles. The van der Waals surface area contributed by atoms with Gasteiger partial charge in [-0.2, -0.15) is 0 Å². The molecular formula is C19H18FN3O. The summed E-state index contributed by atoms with van der Waals surface area (Å²) in [6, 6.07) is 12.9.